The number of likely N-dealkylation sites (tertiary alicyclic amines) is 2. The van der Waals surface area contributed by atoms with Gasteiger partial charge < -0.3 is 9.64 Å². The van der Waals surface area contributed by atoms with E-state index in [1.54, 1.807) is 25.4 Å². The third-order valence-electron chi connectivity index (χ3n) is 6.00. The number of hydrogen-bond acceptors (Lipinski definition) is 4. The quantitative estimate of drug-likeness (QED) is 0.795. The van der Waals surface area contributed by atoms with Crippen LogP contribution >= 0.6 is 0 Å². The molecule has 1 atom stereocenters. The first kappa shape index (κ1) is 18.9. The highest BCUT2D eigenvalue weighted by Crippen LogP contribution is 2.41. The normalized spacial score (nSPS) is 22.8. The monoisotopic (exact) mass is 383 g/mol. The molecule has 1 aromatic carbocycles. The number of ether oxygens (including phenoxy) is 1. The number of amides is 1. The highest BCUT2D eigenvalue weighted by molar-refractivity contribution is 5.84. The van der Waals surface area contributed by atoms with Gasteiger partial charge in [-0.25, -0.2) is 4.39 Å². The third kappa shape index (κ3) is 3.74. The first-order valence-electron chi connectivity index (χ1n) is 9.83. The Labute approximate surface area is 165 Å². The Morgan fingerprint density at radius 1 is 1.21 bits per heavy atom. The standard InChI is InChI=1S/C22H26FN3O2/c1-28-19-5-6-20(23)18(12-19)15-26-10-3-7-22(21(26)27)8-11-25(16-22)14-17-4-2-9-24-13-17/h2,4-6,9,12-13H,3,7-8,10-11,14-16H2,1H3. The molecule has 0 bridgehead atoms. The second-order valence-electron chi connectivity index (χ2n) is 7.89. The molecule has 3 heterocycles. The predicted octanol–water partition coefficient (Wildman–Crippen LogP) is 3.24. The summed E-state index contributed by atoms with van der Waals surface area (Å²) >= 11 is 0. The van der Waals surface area contributed by atoms with Gasteiger partial charge >= 0.3 is 0 Å². The Morgan fingerprint density at radius 3 is 2.89 bits per heavy atom. The van der Waals surface area contributed by atoms with Gasteiger partial charge in [-0.05, 0) is 55.6 Å². The zero-order valence-electron chi connectivity index (χ0n) is 16.2. The number of halogens is 1. The molecule has 0 aliphatic carbocycles. The Morgan fingerprint density at radius 2 is 2.11 bits per heavy atom. The zero-order valence-corrected chi connectivity index (χ0v) is 16.2. The Kier molecular flexibility index (Phi) is 5.31. The van der Waals surface area contributed by atoms with Crippen molar-refractivity contribution in [3.63, 3.8) is 0 Å². The minimum absolute atomic E-state index is 0.162. The maximum atomic E-state index is 14.3. The van der Waals surface area contributed by atoms with Crippen LogP contribution < -0.4 is 4.74 Å². The summed E-state index contributed by atoms with van der Waals surface area (Å²) in [5.41, 5.74) is 1.34. The van der Waals surface area contributed by atoms with Crippen molar-refractivity contribution in [1.29, 1.82) is 0 Å². The van der Waals surface area contributed by atoms with Crippen LogP contribution in [-0.4, -0.2) is 47.4 Å². The maximum Gasteiger partial charge on any atom is 0.230 e. The average molecular weight is 383 g/mol. The molecule has 1 aromatic heterocycles. The van der Waals surface area contributed by atoms with E-state index in [-0.39, 0.29) is 17.1 Å². The zero-order chi connectivity index (χ0) is 19.6. The molecule has 1 unspecified atom stereocenters. The molecule has 4 rings (SSSR count). The van der Waals surface area contributed by atoms with Crippen LogP contribution in [0.15, 0.2) is 42.7 Å². The van der Waals surface area contributed by atoms with E-state index in [0.29, 0.717) is 24.4 Å². The number of carbonyl (C=O) groups excluding carboxylic acids is 1. The van der Waals surface area contributed by atoms with E-state index in [2.05, 4.69) is 16.0 Å². The molecule has 2 fully saturated rings. The van der Waals surface area contributed by atoms with Crippen molar-refractivity contribution in [2.75, 3.05) is 26.7 Å². The summed E-state index contributed by atoms with van der Waals surface area (Å²) < 4.78 is 19.5. The van der Waals surface area contributed by atoms with Gasteiger partial charge in [-0.1, -0.05) is 6.07 Å². The lowest BCUT2D eigenvalue weighted by Crippen LogP contribution is -2.49. The summed E-state index contributed by atoms with van der Waals surface area (Å²) in [5, 5.41) is 0. The smallest absolute Gasteiger partial charge is 0.230 e. The minimum atomic E-state index is -0.337. The molecule has 1 spiro atoms. The fraction of sp³-hybridized carbons (Fsp3) is 0.455. The minimum Gasteiger partial charge on any atom is -0.497 e. The van der Waals surface area contributed by atoms with E-state index in [9.17, 15) is 9.18 Å². The molecule has 1 amide bonds. The van der Waals surface area contributed by atoms with Crippen molar-refractivity contribution in [1.82, 2.24) is 14.8 Å². The molecule has 2 aromatic rings. The maximum absolute atomic E-state index is 14.3. The molecule has 148 valence electrons. The number of pyridine rings is 1. The van der Waals surface area contributed by atoms with E-state index >= 15 is 0 Å². The van der Waals surface area contributed by atoms with Gasteiger partial charge in [-0.2, -0.15) is 0 Å². The summed E-state index contributed by atoms with van der Waals surface area (Å²) in [6.45, 7) is 3.46. The van der Waals surface area contributed by atoms with Crippen molar-refractivity contribution < 1.29 is 13.9 Å². The number of piperidine rings is 1. The Balaban J connectivity index is 1.46. The van der Waals surface area contributed by atoms with Gasteiger partial charge in [0.15, 0.2) is 0 Å². The summed E-state index contributed by atoms with van der Waals surface area (Å²) in [6.07, 6.45) is 6.38. The SMILES string of the molecule is COc1ccc(F)c(CN2CCCC3(CCN(Cc4cccnc4)C3)C2=O)c1. The van der Waals surface area contributed by atoms with Crippen LogP contribution in [0.2, 0.25) is 0 Å². The first-order valence-corrected chi connectivity index (χ1v) is 9.83. The molecule has 0 saturated carbocycles. The van der Waals surface area contributed by atoms with Crippen LogP contribution in [0.3, 0.4) is 0 Å². The van der Waals surface area contributed by atoms with E-state index in [1.807, 2.05) is 17.2 Å². The van der Waals surface area contributed by atoms with E-state index in [0.717, 1.165) is 44.5 Å². The number of hydrogen-bond donors (Lipinski definition) is 0. The molecule has 28 heavy (non-hydrogen) atoms. The second-order valence-corrected chi connectivity index (χ2v) is 7.89. The molecule has 2 saturated heterocycles. The summed E-state index contributed by atoms with van der Waals surface area (Å²) in [5.74, 6) is 0.478. The van der Waals surface area contributed by atoms with Crippen LogP contribution in [0, 0.1) is 11.2 Å². The third-order valence-corrected chi connectivity index (χ3v) is 6.00. The number of rotatable bonds is 5. The summed E-state index contributed by atoms with van der Waals surface area (Å²) in [7, 11) is 1.56. The van der Waals surface area contributed by atoms with Crippen LogP contribution in [0.1, 0.15) is 30.4 Å². The molecule has 2 aliphatic heterocycles. The number of aromatic nitrogens is 1. The fourth-order valence-corrected chi connectivity index (χ4v) is 4.53. The van der Waals surface area contributed by atoms with Gasteiger partial charge in [0.25, 0.3) is 0 Å². The van der Waals surface area contributed by atoms with Crippen LogP contribution in [0.4, 0.5) is 4.39 Å². The average Bonchev–Trinajstić information content (AvgIpc) is 3.11. The Bertz CT molecular complexity index is 845. The van der Waals surface area contributed by atoms with Crippen LogP contribution in [0.5, 0.6) is 5.75 Å². The van der Waals surface area contributed by atoms with Gasteiger partial charge in [0, 0.05) is 44.1 Å². The predicted molar refractivity (Wildman–Crippen MR) is 104 cm³/mol. The van der Waals surface area contributed by atoms with Crippen molar-refractivity contribution in [2.45, 2.75) is 32.4 Å². The van der Waals surface area contributed by atoms with Gasteiger partial charge in [-0.3, -0.25) is 14.7 Å². The Hall–Kier alpha value is -2.47. The van der Waals surface area contributed by atoms with Crippen LogP contribution in [-0.2, 0) is 17.9 Å². The summed E-state index contributed by atoms with van der Waals surface area (Å²) in [6, 6.07) is 8.71. The molecule has 0 radical (unpaired) electrons. The van der Waals surface area contributed by atoms with Gasteiger partial charge in [0.1, 0.15) is 11.6 Å². The van der Waals surface area contributed by atoms with Gasteiger partial charge in [0.2, 0.25) is 5.91 Å². The van der Waals surface area contributed by atoms with Crippen molar-refractivity contribution in [2.24, 2.45) is 5.41 Å². The topological polar surface area (TPSA) is 45.7 Å². The molecule has 5 nitrogen and oxygen atoms in total. The second kappa shape index (κ2) is 7.87. The lowest BCUT2D eigenvalue weighted by molar-refractivity contribution is -0.146. The molecule has 6 heteroatoms. The van der Waals surface area contributed by atoms with Crippen molar-refractivity contribution >= 4 is 5.91 Å². The lowest BCUT2D eigenvalue weighted by atomic mass is 9.78. The highest BCUT2D eigenvalue weighted by Gasteiger charge is 2.48. The largest absolute Gasteiger partial charge is 0.497 e. The van der Waals surface area contributed by atoms with Gasteiger partial charge in [-0.15, -0.1) is 0 Å². The number of benzene rings is 1. The lowest BCUT2D eigenvalue weighted by Gasteiger charge is -2.39. The van der Waals surface area contributed by atoms with E-state index < -0.39 is 0 Å². The fourth-order valence-electron chi connectivity index (χ4n) is 4.53. The molecular weight excluding hydrogens is 357 g/mol. The molecule has 0 N–H and O–H groups in total. The van der Waals surface area contributed by atoms with Crippen molar-refractivity contribution in [3.05, 3.63) is 59.7 Å². The van der Waals surface area contributed by atoms with E-state index in [1.165, 1.54) is 6.07 Å². The van der Waals surface area contributed by atoms with E-state index in [4.69, 9.17) is 4.74 Å². The van der Waals surface area contributed by atoms with Crippen molar-refractivity contribution in [3.8, 4) is 5.75 Å². The molecular formula is C22H26FN3O2. The number of nitrogens with zero attached hydrogens (tertiary/aromatic N) is 3. The summed E-state index contributed by atoms with van der Waals surface area (Å²) in [4.78, 5) is 21.7. The number of carbonyl (C=O) groups is 1. The van der Waals surface area contributed by atoms with Gasteiger partial charge in [0.05, 0.1) is 12.5 Å². The van der Waals surface area contributed by atoms with Crippen LogP contribution in [0.25, 0.3) is 0 Å². The number of methoxy groups -OCH3 is 1. The first-order chi connectivity index (χ1) is 13.6. The highest BCUT2D eigenvalue weighted by atomic mass is 19.1. The molecule has 2 aliphatic rings.